The first kappa shape index (κ1) is 24.4. The van der Waals surface area contributed by atoms with Crippen LogP contribution in [-0.4, -0.2) is 58.2 Å². The van der Waals surface area contributed by atoms with Crippen LogP contribution in [0.25, 0.3) is 15.2 Å². The molecule has 0 aliphatic carbocycles. The van der Waals surface area contributed by atoms with Crippen molar-refractivity contribution in [2.45, 2.75) is 20.0 Å². The minimum Gasteiger partial charge on any atom is -0.494 e. The molecule has 0 unspecified atom stereocenters. The second kappa shape index (κ2) is 10.3. The maximum absolute atomic E-state index is 12.8. The van der Waals surface area contributed by atoms with Gasteiger partial charge in [0.15, 0.2) is 16.5 Å². The summed E-state index contributed by atoms with van der Waals surface area (Å²) in [5, 5.41) is 11.2. The van der Waals surface area contributed by atoms with Gasteiger partial charge in [0.2, 0.25) is 5.75 Å². The molecule has 0 radical (unpaired) electrons. The summed E-state index contributed by atoms with van der Waals surface area (Å²) in [5.41, 5.74) is 2.83. The molecule has 0 atom stereocenters. The lowest BCUT2D eigenvalue weighted by molar-refractivity contribution is 0.0946. The molecule has 3 aromatic heterocycles. The molecule has 0 aliphatic heterocycles. The molecule has 0 aliphatic rings. The van der Waals surface area contributed by atoms with Gasteiger partial charge in [0, 0.05) is 6.20 Å². The number of carbonyl (C=O) groups is 1. The Balaban J connectivity index is 1.25. The third-order valence-electron chi connectivity index (χ3n) is 5.69. The van der Waals surface area contributed by atoms with Gasteiger partial charge in [0.25, 0.3) is 5.91 Å². The zero-order chi connectivity index (χ0) is 25.9. The number of hydrogen-bond donors (Lipinski definition) is 1. The van der Waals surface area contributed by atoms with Crippen LogP contribution in [0.1, 0.15) is 28.7 Å². The highest BCUT2D eigenvalue weighted by Crippen LogP contribution is 2.38. The molecule has 2 aromatic carbocycles. The molecule has 37 heavy (non-hydrogen) atoms. The summed E-state index contributed by atoms with van der Waals surface area (Å²) in [6, 6.07) is 9.59. The lowest BCUT2D eigenvalue weighted by atomic mass is 10.2. The highest BCUT2D eigenvalue weighted by molar-refractivity contribution is 7.23. The van der Waals surface area contributed by atoms with E-state index in [1.54, 1.807) is 38.4 Å². The van der Waals surface area contributed by atoms with Crippen LogP contribution in [-0.2, 0) is 13.1 Å². The van der Waals surface area contributed by atoms with E-state index >= 15 is 0 Å². The lowest BCUT2D eigenvalue weighted by Gasteiger charge is -2.14. The van der Waals surface area contributed by atoms with Gasteiger partial charge >= 0.3 is 0 Å². The molecule has 1 amide bonds. The molecule has 0 fully saturated rings. The Morgan fingerprint density at radius 2 is 1.84 bits per heavy atom. The highest BCUT2D eigenvalue weighted by Gasteiger charge is 2.16. The summed E-state index contributed by atoms with van der Waals surface area (Å²) < 4.78 is 26.4. The molecule has 3 heterocycles. The van der Waals surface area contributed by atoms with Gasteiger partial charge in [0.1, 0.15) is 17.1 Å². The standard InChI is InChI=1S/C25H26N6O5S/c1-5-36-17-6-7-19-22(10-17)37-25-27-18(14-31(19)25)24(32)26-11-16-13-30(29-28-16)12-15-8-20(33-2)23(35-4)21(9-15)34-3/h6-10,13-14H,5,11-12H2,1-4H3,(H,26,32). The van der Waals surface area contributed by atoms with Crippen LogP contribution in [0.15, 0.2) is 42.7 Å². The van der Waals surface area contributed by atoms with E-state index in [0.717, 1.165) is 26.5 Å². The topological polar surface area (TPSA) is 114 Å². The van der Waals surface area contributed by atoms with Crippen molar-refractivity contribution >= 4 is 32.4 Å². The minimum atomic E-state index is -0.283. The predicted octanol–water partition coefficient (Wildman–Crippen LogP) is 3.54. The van der Waals surface area contributed by atoms with Gasteiger partial charge in [-0.1, -0.05) is 16.6 Å². The van der Waals surface area contributed by atoms with Crippen molar-refractivity contribution in [2.75, 3.05) is 27.9 Å². The summed E-state index contributed by atoms with van der Waals surface area (Å²) in [5.74, 6) is 2.18. The Morgan fingerprint density at radius 1 is 1.05 bits per heavy atom. The van der Waals surface area contributed by atoms with E-state index in [1.807, 2.05) is 41.7 Å². The number of methoxy groups -OCH3 is 3. The normalized spacial score (nSPS) is 11.1. The Morgan fingerprint density at radius 3 is 2.54 bits per heavy atom. The largest absolute Gasteiger partial charge is 0.494 e. The molecular formula is C25H26N6O5S. The number of nitrogens with one attached hydrogen (secondary N) is 1. The quantitative estimate of drug-likeness (QED) is 0.296. The molecule has 0 saturated carbocycles. The molecular weight excluding hydrogens is 496 g/mol. The van der Waals surface area contributed by atoms with E-state index in [0.29, 0.717) is 41.8 Å². The molecule has 0 bridgehead atoms. The zero-order valence-electron chi connectivity index (χ0n) is 20.8. The van der Waals surface area contributed by atoms with Gasteiger partial charge in [-0.2, -0.15) is 0 Å². The molecule has 5 rings (SSSR count). The second-order valence-electron chi connectivity index (χ2n) is 8.07. The average molecular weight is 523 g/mol. The summed E-state index contributed by atoms with van der Waals surface area (Å²) in [6.45, 7) is 3.22. The molecule has 0 spiro atoms. The number of amides is 1. The van der Waals surface area contributed by atoms with Crippen LogP contribution in [0.2, 0.25) is 0 Å². The third kappa shape index (κ3) is 4.87. The second-order valence-corrected chi connectivity index (χ2v) is 9.08. The van der Waals surface area contributed by atoms with Crippen molar-refractivity contribution in [3.05, 3.63) is 59.7 Å². The predicted molar refractivity (Wildman–Crippen MR) is 138 cm³/mol. The summed E-state index contributed by atoms with van der Waals surface area (Å²) in [4.78, 5) is 18.0. The highest BCUT2D eigenvalue weighted by atomic mass is 32.1. The Bertz CT molecular complexity index is 1550. The number of benzene rings is 2. The summed E-state index contributed by atoms with van der Waals surface area (Å²) >= 11 is 1.51. The van der Waals surface area contributed by atoms with Crippen molar-refractivity contribution in [1.29, 1.82) is 0 Å². The van der Waals surface area contributed by atoms with Gasteiger partial charge in [-0.15, -0.1) is 5.10 Å². The van der Waals surface area contributed by atoms with Crippen molar-refractivity contribution in [2.24, 2.45) is 0 Å². The molecule has 12 heteroatoms. The van der Waals surface area contributed by atoms with E-state index in [-0.39, 0.29) is 12.5 Å². The molecule has 11 nitrogen and oxygen atoms in total. The summed E-state index contributed by atoms with van der Waals surface area (Å²) in [7, 11) is 4.70. The molecule has 5 aromatic rings. The number of rotatable bonds is 10. The summed E-state index contributed by atoms with van der Waals surface area (Å²) in [6.07, 6.45) is 3.52. The number of fused-ring (bicyclic) bond motifs is 3. The van der Waals surface area contributed by atoms with Gasteiger partial charge < -0.3 is 24.3 Å². The van der Waals surface area contributed by atoms with Crippen molar-refractivity contribution in [1.82, 2.24) is 29.7 Å². The van der Waals surface area contributed by atoms with Crippen LogP contribution in [0, 0.1) is 0 Å². The fourth-order valence-corrected chi connectivity index (χ4v) is 5.06. The van der Waals surface area contributed by atoms with Gasteiger partial charge in [-0.05, 0) is 42.8 Å². The molecule has 0 saturated heterocycles. The van der Waals surface area contributed by atoms with Crippen molar-refractivity contribution < 1.29 is 23.7 Å². The van der Waals surface area contributed by atoms with E-state index in [2.05, 4.69) is 20.6 Å². The average Bonchev–Trinajstić information content (AvgIpc) is 3.61. The number of carbonyl (C=O) groups excluding carboxylic acids is 1. The van der Waals surface area contributed by atoms with Gasteiger partial charge in [0.05, 0.1) is 57.4 Å². The van der Waals surface area contributed by atoms with E-state index in [1.165, 1.54) is 11.3 Å². The smallest absolute Gasteiger partial charge is 0.271 e. The van der Waals surface area contributed by atoms with Gasteiger partial charge in [-0.3, -0.25) is 9.20 Å². The monoisotopic (exact) mass is 522 g/mol. The lowest BCUT2D eigenvalue weighted by Crippen LogP contribution is -2.23. The minimum absolute atomic E-state index is 0.220. The first-order valence-corrected chi connectivity index (χ1v) is 12.3. The SMILES string of the molecule is CCOc1ccc2c(c1)sc1nc(C(=O)NCc3cn(Cc4cc(OC)c(OC)c(OC)c4)nn3)cn12. The Labute approximate surface area is 216 Å². The number of thiazole rings is 1. The van der Waals surface area contributed by atoms with Crippen LogP contribution >= 0.6 is 11.3 Å². The number of imidazole rings is 1. The molecule has 192 valence electrons. The number of aromatic nitrogens is 5. The first-order chi connectivity index (χ1) is 18.0. The number of nitrogens with zero attached hydrogens (tertiary/aromatic N) is 5. The fraction of sp³-hybridized carbons (Fsp3) is 0.280. The fourth-order valence-electron chi connectivity index (χ4n) is 4.02. The van der Waals surface area contributed by atoms with E-state index in [4.69, 9.17) is 18.9 Å². The number of ether oxygens (including phenoxy) is 4. The maximum atomic E-state index is 12.8. The maximum Gasteiger partial charge on any atom is 0.271 e. The van der Waals surface area contributed by atoms with Crippen LogP contribution < -0.4 is 24.3 Å². The Hall–Kier alpha value is -4.32. The zero-order valence-corrected chi connectivity index (χ0v) is 21.7. The van der Waals surface area contributed by atoms with Crippen LogP contribution in [0.5, 0.6) is 23.0 Å². The Kier molecular flexibility index (Phi) is 6.82. The van der Waals surface area contributed by atoms with Gasteiger partial charge in [-0.25, -0.2) is 9.67 Å². The third-order valence-corrected chi connectivity index (χ3v) is 6.71. The van der Waals surface area contributed by atoms with E-state index in [9.17, 15) is 4.79 Å². The van der Waals surface area contributed by atoms with Crippen molar-refractivity contribution in [3.8, 4) is 23.0 Å². The first-order valence-electron chi connectivity index (χ1n) is 11.5. The molecule has 1 N–H and O–H groups in total. The van der Waals surface area contributed by atoms with Crippen LogP contribution in [0.3, 0.4) is 0 Å². The van der Waals surface area contributed by atoms with Crippen LogP contribution in [0.4, 0.5) is 0 Å². The van der Waals surface area contributed by atoms with E-state index < -0.39 is 0 Å². The van der Waals surface area contributed by atoms with Crippen molar-refractivity contribution in [3.63, 3.8) is 0 Å². The number of hydrogen-bond acceptors (Lipinski definition) is 9.